The van der Waals surface area contributed by atoms with Crippen LogP contribution in [0.15, 0.2) is 0 Å². The second kappa shape index (κ2) is 2.46. The first kappa shape index (κ1) is 5.22. The summed E-state index contributed by atoms with van der Waals surface area (Å²) in [5.41, 5.74) is 0. The Morgan fingerprint density at radius 2 is 1.80 bits per heavy atom. The van der Waals surface area contributed by atoms with Crippen LogP contribution in [0.2, 0.25) is 0 Å². The Balaban J connectivity index is 3.60. The maximum atomic E-state index is 9.19. The van der Waals surface area contributed by atoms with Crippen molar-refractivity contribution >= 4 is 25.0 Å². The van der Waals surface area contributed by atoms with E-state index < -0.39 is 8.00 Å². The third-order valence-corrected chi connectivity index (χ3v) is 0.671. The lowest BCUT2D eigenvalue weighted by molar-refractivity contribution is -0.280. The van der Waals surface area contributed by atoms with Crippen LogP contribution in [0, 0.1) is 0 Å². The Hall–Kier alpha value is 0.220. The van der Waals surface area contributed by atoms with Gasteiger partial charge in [-0.3, -0.25) is 0 Å². The normalized spacial score (nSPS) is 6.00. The molecule has 0 aromatic heterocycles. The van der Waals surface area contributed by atoms with Gasteiger partial charge in [0.05, 0.1) is 8.00 Å². The molecule has 0 aromatic rings. The second-order valence-electron chi connectivity index (χ2n) is 0.348. The summed E-state index contributed by atoms with van der Waals surface area (Å²) in [6.45, 7) is 0. The average molecular weight is 107 g/mol. The number of hydrogen-bond donors (Lipinski definition) is 0. The van der Waals surface area contributed by atoms with E-state index in [2.05, 4.69) is 12.2 Å². The summed E-state index contributed by atoms with van der Waals surface area (Å²) in [4.78, 5) is 18.4. The highest BCUT2D eigenvalue weighted by molar-refractivity contribution is 7.83. The van der Waals surface area contributed by atoms with Crippen LogP contribution in [0.3, 0.4) is 0 Å². The van der Waals surface area contributed by atoms with Gasteiger partial charge in [-0.05, 0) is 0 Å². The highest BCUT2D eigenvalue weighted by Gasteiger charge is 1.51. The van der Waals surface area contributed by atoms with E-state index in [0.717, 1.165) is 0 Å². The topological polar surface area (TPSA) is 46.1 Å². The monoisotopic (exact) mass is 107 g/mol. The van der Waals surface area contributed by atoms with Crippen LogP contribution in [0.5, 0.6) is 0 Å². The van der Waals surface area contributed by atoms with Crippen molar-refractivity contribution in [1.82, 2.24) is 0 Å². The predicted octanol–water partition coefficient (Wildman–Crippen LogP) is -1.15. The van der Waals surface area contributed by atoms with Crippen molar-refractivity contribution in [3.05, 3.63) is 0 Å². The molecule has 0 heterocycles. The van der Waals surface area contributed by atoms with Gasteiger partial charge in [-0.15, -0.1) is 0 Å². The molecule has 0 atom stereocenters. The van der Waals surface area contributed by atoms with Crippen molar-refractivity contribution in [3.63, 3.8) is 0 Å². The SMILES string of the molecule is [O-][P+]([O-])=C=S. The fraction of sp³-hybridized carbons (Fsp3) is 0. The molecule has 0 aliphatic heterocycles. The molecule has 0 N–H and O–H groups in total. The van der Waals surface area contributed by atoms with Crippen LogP contribution in [-0.2, 0) is 0 Å². The zero-order valence-corrected chi connectivity index (χ0v) is 3.88. The van der Waals surface area contributed by atoms with Gasteiger partial charge < -0.3 is 9.79 Å². The fourth-order valence-corrected chi connectivity index (χ4v) is 0. The Labute approximate surface area is 35.6 Å². The van der Waals surface area contributed by atoms with E-state index in [9.17, 15) is 9.79 Å². The van der Waals surface area contributed by atoms with E-state index >= 15 is 0 Å². The van der Waals surface area contributed by atoms with E-state index in [4.69, 9.17) is 0 Å². The van der Waals surface area contributed by atoms with Crippen molar-refractivity contribution < 1.29 is 9.79 Å². The van der Waals surface area contributed by atoms with Gasteiger partial charge in [0, 0.05) is 12.2 Å². The molecule has 0 radical (unpaired) electrons. The zero-order valence-electron chi connectivity index (χ0n) is 2.17. The summed E-state index contributed by atoms with van der Waals surface area (Å²) >= 11 is 3.83. The Morgan fingerprint density at radius 3 is 1.80 bits per heavy atom. The van der Waals surface area contributed by atoms with Gasteiger partial charge >= 0.3 is 0 Å². The Bertz CT molecular complexity index is 69.7. The summed E-state index contributed by atoms with van der Waals surface area (Å²) in [7, 11) is -2.53. The van der Waals surface area contributed by atoms with Crippen LogP contribution >= 0.6 is 20.2 Å². The molecule has 0 unspecified atom stereocenters. The molecule has 5 heavy (non-hydrogen) atoms. The van der Waals surface area contributed by atoms with E-state index in [0.29, 0.717) is 0 Å². The largest absolute Gasteiger partial charge is 0.625 e. The molecule has 0 aliphatic rings. The molecule has 28 valence electrons. The molecule has 0 rings (SSSR count). The molecule has 0 fully saturated rings. The molecule has 0 bridgehead atoms. The first-order chi connectivity index (χ1) is 2.27. The van der Waals surface area contributed by atoms with Gasteiger partial charge in [0.15, 0.2) is 4.74 Å². The lowest BCUT2D eigenvalue weighted by Gasteiger charge is -1.85. The van der Waals surface area contributed by atoms with Crippen LogP contribution in [0.1, 0.15) is 0 Å². The van der Waals surface area contributed by atoms with Gasteiger partial charge in [0.1, 0.15) is 0 Å². The highest BCUT2D eigenvalue weighted by Crippen LogP contribution is 1.82. The maximum Gasteiger partial charge on any atom is 0.156 e. The minimum Gasteiger partial charge on any atom is -0.625 e. The molecule has 2 nitrogen and oxygen atoms in total. The number of hydrogen-bond acceptors (Lipinski definition) is 3. The van der Waals surface area contributed by atoms with Gasteiger partial charge in [-0.1, -0.05) is 0 Å². The second-order valence-corrected chi connectivity index (χ2v) is 1.59. The quantitative estimate of drug-likeness (QED) is 0.290. The van der Waals surface area contributed by atoms with Crippen LogP contribution < -0.4 is 9.79 Å². The standard InChI is InChI=1S/CHO2PS/c2-4(3)1-5/h(H,2,3)/p-1. The smallest absolute Gasteiger partial charge is 0.156 e. The van der Waals surface area contributed by atoms with Crippen LogP contribution in [-0.4, -0.2) is 4.74 Å². The van der Waals surface area contributed by atoms with E-state index in [-0.39, 0.29) is 0 Å². The summed E-state index contributed by atoms with van der Waals surface area (Å²) in [6.07, 6.45) is 0. The Morgan fingerprint density at radius 1 is 1.60 bits per heavy atom. The molecule has 4 heteroatoms. The van der Waals surface area contributed by atoms with Gasteiger partial charge in [0.2, 0.25) is 0 Å². The zero-order chi connectivity index (χ0) is 4.28. The molecule has 0 saturated carbocycles. The summed E-state index contributed by atoms with van der Waals surface area (Å²) < 4.78 is 1.56. The third kappa shape index (κ3) is 4.22. The van der Waals surface area contributed by atoms with Crippen molar-refractivity contribution in [2.45, 2.75) is 0 Å². The minimum absolute atomic E-state index is 1.56. The first-order valence-electron chi connectivity index (χ1n) is 0.793. The van der Waals surface area contributed by atoms with Crippen LogP contribution in [0.4, 0.5) is 0 Å². The summed E-state index contributed by atoms with van der Waals surface area (Å²) in [5.74, 6) is 0. The van der Waals surface area contributed by atoms with Gasteiger partial charge in [0.25, 0.3) is 0 Å². The maximum absolute atomic E-state index is 9.19. The molecule has 0 saturated heterocycles. The molecule has 0 aromatic carbocycles. The molecular formula is CO2PS-. The van der Waals surface area contributed by atoms with Crippen molar-refractivity contribution in [3.8, 4) is 0 Å². The van der Waals surface area contributed by atoms with Gasteiger partial charge in [-0.25, -0.2) is 0 Å². The summed E-state index contributed by atoms with van der Waals surface area (Å²) in [6, 6.07) is 0. The number of thiocarbonyl (C=S) groups is 1. The van der Waals surface area contributed by atoms with Crippen molar-refractivity contribution in [1.29, 1.82) is 0 Å². The summed E-state index contributed by atoms with van der Waals surface area (Å²) in [5, 5.41) is 0. The average Bonchev–Trinajstić information content (AvgIpc) is 1.38. The molecule has 0 amide bonds. The predicted molar refractivity (Wildman–Crippen MR) is 19.5 cm³/mol. The molecule has 0 spiro atoms. The van der Waals surface area contributed by atoms with Crippen molar-refractivity contribution in [2.75, 3.05) is 0 Å². The van der Waals surface area contributed by atoms with E-state index in [1.807, 2.05) is 0 Å². The van der Waals surface area contributed by atoms with E-state index in [1.54, 1.807) is 4.74 Å². The fourth-order valence-electron chi connectivity index (χ4n) is 0. The van der Waals surface area contributed by atoms with Gasteiger partial charge in [-0.2, -0.15) is 0 Å². The first-order valence-corrected chi connectivity index (χ1v) is 2.38. The molecule has 0 aliphatic carbocycles. The van der Waals surface area contributed by atoms with E-state index in [1.165, 1.54) is 0 Å². The van der Waals surface area contributed by atoms with Crippen molar-refractivity contribution in [2.24, 2.45) is 0 Å². The highest BCUT2D eigenvalue weighted by atomic mass is 32.1. The lowest BCUT2D eigenvalue weighted by atomic mass is 12.0. The Kier molecular flexibility index (Phi) is 2.57. The van der Waals surface area contributed by atoms with Crippen LogP contribution in [0.25, 0.3) is 0 Å². The molecular weight excluding hydrogens is 107 g/mol. The third-order valence-electron chi connectivity index (χ3n) is 0.0745. The number of rotatable bonds is 0. The lowest BCUT2D eigenvalue weighted by Crippen LogP contribution is -1.98. The minimum atomic E-state index is -2.53.